The SMILES string of the molecule is CC(Cc1ccc(-n2ccnc2)cc1)C(=O)O. The molecule has 0 spiro atoms. The van der Waals surface area contributed by atoms with Crippen molar-refractivity contribution in [3.63, 3.8) is 0 Å². The van der Waals surface area contributed by atoms with Crippen molar-refractivity contribution in [1.29, 1.82) is 0 Å². The van der Waals surface area contributed by atoms with Crippen molar-refractivity contribution in [2.75, 3.05) is 0 Å². The first-order chi connectivity index (χ1) is 8.16. The lowest BCUT2D eigenvalue weighted by Crippen LogP contribution is -2.12. The standard InChI is InChI=1S/C13H14N2O2/c1-10(13(16)17)8-11-2-4-12(5-3-11)15-7-6-14-9-15/h2-7,9-10H,8H2,1H3,(H,16,17). The van der Waals surface area contributed by atoms with E-state index in [0.717, 1.165) is 11.3 Å². The molecule has 0 aliphatic carbocycles. The average molecular weight is 230 g/mol. The van der Waals surface area contributed by atoms with E-state index >= 15 is 0 Å². The molecule has 1 aromatic carbocycles. The summed E-state index contributed by atoms with van der Waals surface area (Å²) < 4.78 is 1.91. The highest BCUT2D eigenvalue weighted by atomic mass is 16.4. The maximum absolute atomic E-state index is 10.7. The van der Waals surface area contributed by atoms with Gasteiger partial charge < -0.3 is 9.67 Å². The predicted octanol–water partition coefficient (Wildman–Crippen LogP) is 2.14. The molecule has 0 fully saturated rings. The molecule has 2 rings (SSSR count). The second kappa shape index (κ2) is 4.82. The summed E-state index contributed by atoms with van der Waals surface area (Å²) in [7, 11) is 0. The lowest BCUT2D eigenvalue weighted by molar-refractivity contribution is -0.141. The summed E-state index contributed by atoms with van der Waals surface area (Å²) in [6, 6.07) is 7.83. The minimum Gasteiger partial charge on any atom is -0.481 e. The second-order valence-corrected chi connectivity index (χ2v) is 4.08. The number of carbonyl (C=O) groups is 1. The summed E-state index contributed by atoms with van der Waals surface area (Å²) in [4.78, 5) is 14.7. The van der Waals surface area contributed by atoms with Crippen LogP contribution in [0, 0.1) is 5.92 Å². The van der Waals surface area contributed by atoms with Gasteiger partial charge in [-0.25, -0.2) is 4.98 Å². The molecule has 2 aromatic rings. The zero-order chi connectivity index (χ0) is 12.3. The third-order valence-electron chi connectivity index (χ3n) is 2.70. The molecule has 0 amide bonds. The summed E-state index contributed by atoms with van der Waals surface area (Å²) in [5.74, 6) is -1.11. The normalized spacial score (nSPS) is 12.3. The van der Waals surface area contributed by atoms with Crippen LogP contribution in [0.15, 0.2) is 43.0 Å². The lowest BCUT2D eigenvalue weighted by atomic mass is 10.0. The van der Waals surface area contributed by atoms with Gasteiger partial charge in [0, 0.05) is 18.1 Å². The van der Waals surface area contributed by atoms with E-state index in [0.29, 0.717) is 6.42 Å². The number of imidazole rings is 1. The van der Waals surface area contributed by atoms with E-state index in [1.165, 1.54) is 0 Å². The Morgan fingerprint density at radius 3 is 2.65 bits per heavy atom. The first kappa shape index (κ1) is 11.4. The number of rotatable bonds is 4. The van der Waals surface area contributed by atoms with Gasteiger partial charge in [0.05, 0.1) is 12.2 Å². The highest BCUT2D eigenvalue weighted by Crippen LogP contribution is 2.13. The van der Waals surface area contributed by atoms with Gasteiger partial charge in [-0.1, -0.05) is 19.1 Å². The Kier molecular flexibility index (Phi) is 3.23. The van der Waals surface area contributed by atoms with Gasteiger partial charge in [-0.3, -0.25) is 4.79 Å². The number of benzene rings is 1. The molecule has 1 atom stereocenters. The van der Waals surface area contributed by atoms with Gasteiger partial charge in [0.15, 0.2) is 0 Å². The number of nitrogens with zero attached hydrogens (tertiary/aromatic N) is 2. The molecule has 0 bridgehead atoms. The molecule has 0 aliphatic heterocycles. The van der Waals surface area contributed by atoms with Crippen LogP contribution in [0.3, 0.4) is 0 Å². The lowest BCUT2D eigenvalue weighted by Gasteiger charge is -2.07. The molecule has 4 heteroatoms. The summed E-state index contributed by atoms with van der Waals surface area (Å²) in [5, 5.41) is 8.84. The van der Waals surface area contributed by atoms with Crippen LogP contribution in [-0.2, 0) is 11.2 Å². The minimum atomic E-state index is -0.760. The highest BCUT2D eigenvalue weighted by molar-refractivity contribution is 5.69. The third kappa shape index (κ3) is 2.72. The van der Waals surface area contributed by atoms with E-state index in [9.17, 15) is 4.79 Å². The summed E-state index contributed by atoms with van der Waals surface area (Å²) in [5.41, 5.74) is 2.05. The van der Waals surface area contributed by atoms with Gasteiger partial charge in [0.2, 0.25) is 0 Å². The van der Waals surface area contributed by atoms with Crippen LogP contribution in [0.25, 0.3) is 5.69 Å². The smallest absolute Gasteiger partial charge is 0.306 e. The molecular weight excluding hydrogens is 216 g/mol. The fourth-order valence-corrected chi connectivity index (χ4v) is 1.66. The van der Waals surface area contributed by atoms with Crippen molar-refractivity contribution in [3.05, 3.63) is 48.5 Å². The van der Waals surface area contributed by atoms with Crippen LogP contribution in [0.4, 0.5) is 0 Å². The average Bonchev–Trinajstić information content (AvgIpc) is 2.83. The fourth-order valence-electron chi connectivity index (χ4n) is 1.66. The monoisotopic (exact) mass is 230 g/mol. The Labute approximate surface area is 99.5 Å². The van der Waals surface area contributed by atoms with Crippen molar-refractivity contribution in [1.82, 2.24) is 9.55 Å². The maximum Gasteiger partial charge on any atom is 0.306 e. The van der Waals surface area contributed by atoms with Crippen LogP contribution in [0.2, 0.25) is 0 Å². The zero-order valence-electron chi connectivity index (χ0n) is 9.58. The highest BCUT2D eigenvalue weighted by Gasteiger charge is 2.11. The van der Waals surface area contributed by atoms with Crippen molar-refractivity contribution in [2.24, 2.45) is 5.92 Å². The van der Waals surface area contributed by atoms with Crippen molar-refractivity contribution < 1.29 is 9.90 Å². The molecule has 4 nitrogen and oxygen atoms in total. The molecule has 17 heavy (non-hydrogen) atoms. The van der Waals surface area contributed by atoms with E-state index in [2.05, 4.69) is 4.98 Å². The molecular formula is C13H14N2O2. The predicted molar refractivity (Wildman–Crippen MR) is 64.1 cm³/mol. The van der Waals surface area contributed by atoms with Gasteiger partial charge in [0.1, 0.15) is 0 Å². The minimum absolute atomic E-state index is 0.353. The number of carboxylic acid groups (broad SMARTS) is 1. The Morgan fingerprint density at radius 1 is 1.41 bits per heavy atom. The quantitative estimate of drug-likeness (QED) is 0.875. The Hall–Kier alpha value is -2.10. The van der Waals surface area contributed by atoms with E-state index in [1.54, 1.807) is 19.4 Å². The van der Waals surface area contributed by atoms with Crippen LogP contribution in [0.1, 0.15) is 12.5 Å². The molecule has 1 unspecified atom stereocenters. The van der Waals surface area contributed by atoms with Gasteiger partial charge in [-0.2, -0.15) is 0 Å². The fraction of sp³-hybridized carbons (Fsp3) is 0.231. The number of aliphatic carboxylic acids is 1. The van der Waals surface area contributed by atoms with Crippen molar-refractivity contribution in [3.8, 4) is 5.69 Å². The van der Waals surface area contributed by atoms with E-state index < -0.39 is 5.97 Å². The first-order valence-corrected chi connectivity index (χ1v) is 5.47. The van der Waals surface area contributed by atoms with E-state index in [-0.39, 0.29) is 5.92 Å². The van der Waals surface area contributed by atoms with E-state index in [4.69, 9.17) is 5.11 Å². The number of aromatic nitrogens is 2. The van der Waals surface area contributed by atoms with Crippen molar-refractivity contribution >= 4 is 5.97 Å². The van der Waals surface area contributed by atoms with Crippen LogP contribution < -0.4 is 0 Å². The number of carboxylic acids is 1. The number of hydrogen-bond donors (Lipinski definition) is 1. The molecule has 0 saturated carbocycles. The van der Waals surface area contributed by atoms with Gasteiger partial charge >= 0.3 is 5.97 Å². The molecule has 1 N–H and O–H groups in total. The van der Waals surface area contributed by atoms with E-state index in [1.807, 2.05) is 35.0 Å². The third-order valence-corrected chi connectivity index (χ3v) is 2.70. The first-order valence-electron chi connectivity index (χ1n) is 5.47. The largest absolute Gasteiger partial charge is 0.481 e. The molecule has 1 aromatic heterocycles. The van der Waals surface area contributed by atoms with Gasteiger partial charge in [0.25, 0.3) is 0 Å². The molecule has 1 heterocycles. The zero-order valence-corrected chi connectivity index (χ0v) is 9.58. The van der Waals surface area contributed by atoms with Crippen molar-refractivity contribution in [2.45, 2.75) is 13.3 Å². The van der Waals surface area contributed by atoms with Crippen LogP contribution >= 0.6 is 0 Å². The molecule has 0 aliphatic rings. The summed E-state index contributed by atoms with van der Waals surface area (Å²) in [6.07, 6.45) is 5.88. The molecule has 88 valence electrons. The Bertz CT molecular complexity index is 489. The number of hydrogen-bond acceptors (Lipinski definition) is 2. The summed E-state index contributed by atoms with van der Waals surface area (Å²) >= 11 is 0. The summed E-state index contributed by atoms with van der Waals surface area (Å²) in [6.45, 7) is 1.71. The Morgan fingerprint density at radius 2 is 2.12 bits per heavy atom. The second-order valence-electron chi connectivity index (χ2n) is 4.08. The van der Waals surface area contributed by atoms with Gasteiger partial charge in [-0.05, 0) is 24.1 Å². The Balaban J connectivity index is 2.11. The molecule has 0 saturated heterocycles. The van der Waals surface area contributed by atoms with Crippen LogP contribution in [-0.4, -0.2) is 20.6 Å². The molecule has 0 radical (unpaired) electrons. The maximum atomic E-state index is 10.7. The topological polar surface area (TPSA) is 55.1 Å². The van der Waals surface area contributed by atoms with Gasteiger partial charge in [-0.15, -0.1) is 0 Å². The van der Waals surface area contributed by atoms with Crippen LogP contribution in [0.5, 0.6) is 0 Å².